The molecule has 0 aliphatic carbocycles. The van der Waals surface area contributed by atoms with Crippen LogP contribution in [0.25, 0.3) is 32.7 Å². The van der Waals surface area contributed by atoms with Crippen LogP contribution in [-0.4, -0.2) is 52.9 Å². The molecule has 0 fully saturated rings. The van der Waals surface area contributed by atoms with Gasteiger partial charge in [0.15, 0.2) is 0 Å². The minimum absolute atomic E-state index is 0.108. The Balaban J connectivity index is 1.47. The van der Waals surface area contributed by atoms with Gasteiger partial charge in [0.1, 0.15) is 11.5 Å². The molecule has 0 N–H and O–H groups in total. The van der Waals surface area contributed by atoms with Crippen LogP contribution in [-0.2, 0) is 23.3 Å². The summed E-state index contributed by atoms with van der Waals surface area (Å²) in [7, 11) is -3.63. The summed E-state index contributed by atoms with van der Waals surface area (Å²) in [5.74, 6) is 0.998. The van der Waals surface area contributed by atoms with Crippen LogP contribution in [0.1, 0.15) is 0 Å². The number of hydrogen-bond donors (Lipinski definition) is 0. The zero-order valence-electron chi connectivity index (χ0n) is 22.9. The van der Waals surface area contributed by atoms with Gasteiger partial charge in [0.2, 0.25) is 0 Å². The smallest absolute Gasteiger partial charge is 0.401 e. The van der Waals surface area contributed by atoms with E-state index in [1.54, 1.807) is 0 Å². The van der Waals surface area contributed by atoms with E-state index < -0.39 is 21.2 Å². The molecular formula is C28H28Cl2N3O7P3. The van der Waals surface area contributed by atoms with Gasteiger partial charge in [-0.25, -0.2) is 0 Å². The van der Waals surface area contributed by atoms with Crippen LogP contribution in [0.4, 0.5) is 0 Å². The van der Waals surface area contributed by atoms with Crippen molar-refractivity contribution in [2.45, 2.75) is 0 Å². The third kappa shape index (κ3) is 6.29. The molecule has 0 aromatic heterocycles. The average molecular weight is 682 g/mol. The van der Waals surface area contributed by atoms with E-state index in [0.717, 1.165) is 32.7 Å². The van der Waals surface area contributed by atoms with E-state index in [9.17, 15) is 0 Å². The Morgan fingerprint density at radius 2 is 1.00 bits per heavy atom. The SMILES string of the molecule is ClP12=NP3(Cl)=NP(=N1)(OCCOCCOCCOCCO2)Oc1ccc2ccccc2c1-c1c(ccc2ccccc12)O3. The molecular weight excluding hydrogens is 654 g/mol. The largest absolute Gasteiger partial charge is 0.430 e. The molecule has 3 atom stereocenters. The first-order valence-corrected chi connectivity index (χ1v) is 20.3. The summed E-state index contributed by atoms with van der Waals surface area (Å²) in [5.41, 5.74) is 1.61. The first-order chi connectivity index (χ1) is 21.0. The first-order valence-electron chi connectivity index (χ1n) is 13.7. The zero-order valence-corrected chi connectivity index (χ0v) is 27.1. The van der Waals surface area contributed by atoms with Gasteiger partial charge in [-0.2, -0.15) is 4.52 Å². The summed E-state index contributed by atoms with van der Waals surface area (Å²) >= 11 is 14.3. The highest BCUT2D eigenvalue weighted by molar-refractivity contribution is 8.00. The van der Waals surface area contributed by atoms with Crippen molar-refractivity contribution in [3.05, 3.63) is 72.8 Å². The molecule has 43 heavy (non-hydrogen) atoms. The predicted octanol–water partition coefficient (Wildman–Crippen LogP) is 9.86. The van der Waals surface area contributed by atoms with E-state index in [-0.39, 0.29) is 26.4 Å². The fourth-order valence-electron chi connectivity index (χ4n) is 5.06. The second kappa shape index (κ2) is 12.5. The molecule has 0 radical (unpaired) electrons. The molecule has 10 nitrogen and oxygen atoms in total. The molecule has 7 rings (SSSR count). The van der Waals surface area contributed by atoms with Crippen molar-refractivity contribution in [1.82, 2.24) is 0 Å². The number of benzene rings is 4. The highest BCUT2D eigenvalue weighted by atomic mass is 35.7. The fourth-order valence-corrected chi connectivity index (χ4v) is 16.6. The van der Waals surface area contributed by atoms with Crippen molar-refractivity contribution >= 4 is 65.3 Å². The van der Waals surface area contributed by atoms with Gasteiger partial charge < -0.3 is 27.8 Å². The Morgan fingerprint density at radius 3 is 1.60 bits per heavy atom. The molecule has 3 heterocycles. The lowest BCUT2D eigenvalue weighted by Gasteiger charge is -2.29. The quantitative estimate of drug-likeness (QED) is 0.170. The van der Waals surface area contributed by atoms with Crippen molar-refractivity contribution in [3.63, 3.8) is 0 Å². The molecule has 1 spiro atoms. The van der Waals surface area contributed by atoms with Gasteiger partial charge in [-0.1, -0.05) is 60.7 Å². The van der Waals surface area contributed by atoms with E-state index in [4.69, 9.17) is 63.8 Å². The van der Waals surface area contributed by atoms with Crippen molar-refractivity contribution in [3.8, 4) is 22.6 Å². The number of nitrogens with zero attached hydrogens (tertiary/aromatic N) is 3. The Hall–Kier alpha value is -1.93. The maximum Gasteiger partial charge on any atom is 0.401 e. The van der Waals surface area contributed by atoms with Crippen molar-refractivity contribution < 1.29 is 32.3 Å². The van der Waals surface area contributed by atoms with Crippen molar-refractivity contribution in [2.24, 2.45) is 13.5 Å². The highest BCUT2D eigenvalue weighted by Crippen LogP contribution is 2.83. The Kier molecular flexibility index (Phi) is 8.62. The fraction of sp³-hybridized carbons (Fsp3) is 0.286. The van der Waals surface area contributed by atoms with Crippen LogP contribution in [0, 0.1) is 0 Å². The number of hydrogen-bond acceptors (Lipinski definition) is 10. The van der Waals surface area contributed by atoms with Gasteiger partial charge in [-0.3, -0.25) is 4.52 Å². The van der Waals surface area contributed by atoms with Gasteiger partial charge in [-0.15, -0.1) is 9.03 Å². The number of halogens is 2. The van der Waals surface area contributed by atoms with Gasteiger partial charge in [-0.05, 0) is 56.2 Å². The zero-order chi connectivity index (χ0) is 29.3. The standard InChI is InChI=1S/C28H28Cl2N3O7P3/c29-41-31-42(30)33-43(32-41,38-20-18-36-16-14-34-13-15-35-17-19-37-41)40-26-12-10-22-6-2-4-8-24(22)28(26)27-23-7-3-1-5-21(23)9-11-25(27)39-42/h1-12H,13-20H2. The predicted molar refractivity (Wildman–Crippen MR) is 172 cm³/mol. The van der Waals surface area contributed by atoms with Crippen molar-refractivity contribution in [1.29, 1.82) is 0 Å². The summed E-state index contributed by atoms with van der Waals surface area (Å²) < 4.78 is 57.0. The maximum atomic E-state index is 7.23. The average Bonchev–Trinajstić information content (AvgIpc) is 3.01. The summed E-state index contributed by atoms with van der Waals surface area (Å²) in [6.07, 6.45) is 0. The minimum Gasteiger partial charge on any atom is -0.430 e. The molecule has 3 unspecified atom stereocenters. The Labute approximate surface area is 258 Å². The molecule has 0 amide bonds. The Morgan fingerprint density at radius 1 is 0.488 bits per heavy atom. The summed E-state index contributed by atoms with van der Waals surface area (Å²) in [5, 5.41) is 3.95. The number of rotatable bonds is 0. The third-order valence-electron chi connectivity index (χ3n) is 6.85. The molecule has 226 valence electrons. The molecule has 3 aliphatic heterocycles. The van der Waals surface area contributed by atoms with E-state index in [2.05, 4.69) is 10.6 Å². The Bertz CT molecular complexity index is 1870. The monoisotopic (exact) mass is 681 g/mol. The van der Waals surface area contributed by atoms with Crippen LogP contribution in [0.15, 0.2) is 86.3 Å². The lowest BCUT2D eigenvalue weighted by atomic mass is 9.92. The van der Waals surface area contributed by atoms with Gasteiger partial charge in [0.05, 0.1) is 52.9 Å². The van der Waals surface area contributed by atoms with Crippen LogP contribution in [0.3, 0.4) is 0 Å². The van der Waals surface area contributed by atoms with Gasteiger partial charge in [0.25, 0.3) is 0 Å². The lowest BCUT2D eigenvalue weighted by Crippen LogP contribution is -2.13. The second-order valence-corrected chi connectivity index (χ2v) is 18.3. The molecule has 0 saturated heterocycles. The molecule has 15 heteroatoms. The van der Waals surface area contributed by atoms with Gasteiger partial charge in [0, 0.05) is 11.1 Å². The van der Waals surface area contributed by atoms with Gasteiger partial charge >= 0.3 is 21.2 Å². The lowest BCUT2D eigenvalue weighted by molar-refractivity contribution is 0.00518. The summed E-state index contributed by atoms with van der Waals surface area (Å²) in [6, 6.07) is 23.9. The summed E-state index contributed by atoms with van der Waals surface area (Å²) in [4.78, 5) is 0. The van der Waals surface area contributed by atoms with E-state index in [0.29, 0.717) is 37.9 Å². The third-order valence-corrected chi connectivity index (χ3v) is 17.0. The first kappa shape index (κ1) is 29.8. The van der Waals surface area contributed by atoms with E-state index in [1.165, 1.54) is 0 Å². The minimum atomic E-state index is -3.63. The van der Waals surface area contributed by atoms with Crippen LogP contribution < -0.4 is 9.05 Å². The maximum absolute atomic E-state index is 7.23. The van der Waals surface area contributed by atoms with E-state index in [1.807, 2.05) is 66.7 Å². The van der Waals surface area contributed by atoms with Crippen molar-refractivity contribution in [2.75, 3.05) is 52.9 Å². The normalized spacial score (nSPS) is 28.2. The molecule has 0 saturated carbocycles. The number of ether oxygens (including phenoxy) is 3. The second-order valence-electron chi connectivity index (χ2n) is 9.71. The summed E-state index contributed by atoms with van der Waals surface area (Å²) in [6.45, 7) is -4.70. The van der Waals surface area contributed by atoms with Crippen LogP contribution in [0.2, 0.25) is 0 Å². The number of fused-ring (bicyclic) bond motifs is 8. The molecule has 4 aromatic carbocycles. The van der Waals surface area contributed by atoms with Crippen LogP contribution in [0.5, 0.6) is 11.5 Å². The van der Waals surface area contributed by atoms with E-state index >= 15 is 0 Å². The molecule has 3 aliphatic rings. The van der Waals surface area contributed by atoms with Crippen LogP contribution >= 0.6 is 43.7 Å². The molecule has 3 bridgehead atoms. The topological polar surface area (TPSA) is 102 Å². The molecule has 4 aromatic rings. The highest BCUT2D eigenvalue weighted by Gasteiger charge is 2.43.